The van der Waals surface area contributed by atoms with E-state index in [4.69, 9.17) is 10.5 Å². The van der Waals surface area contributed by atoms with Crippen molar-refractivity contribution >= 4 is 28.9 Å². The zero-order valence-corrected chi connectivity index (χ0v) is 21.9. The number of aromatic hydroxyl groups is 1. The van der Waals surface area contributed by atoms with Crippen molar-refractivity contribution in [1.29, 1.82) is 0 Å². The number of nitrogens with two attached hydrogens (primary N) is 1. The third-order valence-electron chi connectivity index (χ3n) is 5.52. The van der Waals surface area contributed by atoms with E-state index < -0.39 is 17.6 Å². The van der Waals surface area contributed by atoms with Crippen LogP contribution in [0.1, 0.15) is 43.2 Å². The van der Waals surface area contributed by atoms with Crippen molar-refractivity contribution in [2.45, 2.75) is 39.2 Å². The number of hydrogen-bond donors (Lipinski definition) is 2. The van der Waals surface area contributed by atoms with Crippen molar-refractivity contribution in [2.75, 3.05) is 7.11 Å². The number of phenols is 1. The molecule has 4 aromatic rings. The number of carbonyl (C=O) groups excluding carboxylic acids is 3. The maximum atomic E-state index is 12.2. The minimum atomic E-state index is -0.744. The van der Waals surface area contributed by atoms with Crippen LogP contribution in [-0.4, -0.2) is 40.4 Å². The number of methoxy groups -OCH3 is 1. The molecule has 1 heterocycles. The highest BCUT2D eigenvalue weighted by Crippen LogP contribution is 2.25. The standard InChI is InChI=1S/C16H16O2.C14H16N2O4/c1-18-16(17)12-9-13-7-10-15(11-8-13)14-5-3-2-4-6-14;1-14(2,3)20-13(19)16-10-5-4-9(17)6-8(10)7-11(16)12(15)18/h2-8,10-11H,9,12H2,1H3;4-7,17H,1-3H3,(H2,15,18). The Bertz CT molecular complexity index is 1420. The number of esters is 1. The Balaban J connectivity index is 0.000000212. The topological polar surface area (TPSA) is 121 Å². The van der Waals surface area contributed by atoms with Crippen LogP contribution in [0.15, 0.2) is 78.9 Å². The largest absolute Gasteiger partial charge is 0.508 e. The predicted molar refractivity (Wildman–Crippen MR) is 146 cm³/mol. The molecule has 0 aliphatic heterocycles. The van der Waals surface area contributed by atoms with Crippen molar-refractivity contribution in [1.82, 2.24) is 4.57 Å². The molecule has 0 saturated carbocycles. The molecule has 4 rings (SSSR count). The molecule has 0 radical (unpaired) electrons. The molecular weight excluding hydrogens is 484 g/mol. The van der Waals surface area contributed by atoms with Crippen LogP contribution in [0.2, 0.25) is 0 Å². The monoisotopic (exact) mass is 516 g/mol. The van der Waals surface area contributed by atoms with E-state index in [1.165, 1.54) is 42.5 Å². The van der Waals surface area contributed by atoms with Gasteiger partial charge in [-0.05, 0) is 68.1 Å². The summed E-state index contributed by atoms with van der Waals surface area (Å²) in [5.41, 5.74) is 8.61. The number of aromatic nitrogens is 1. The predicted octanol–water partition coefficient (Wildman–Crippen LogP) is 5.69. The van der Waals surface area contributed by atoms with Gasteiger partial charge in [-0.2, -0.15) is 0 Å². The molecule has 8 heteroatoms. The van der Waals surface area contributed by atoms with Gasteiger partial charge in [-0.25, -0.2) is 9.36 Å². The lowest BCUT2D eigenvalue weighted by Crippen LogP contribution is -2.29. The Morgan fingerprint density at radius 3 is 2.11 bits per heavy atom. The SMILES string of the molecule is CC(C)(C)OC(=O)n1c(C(N)=O)cc2cc(O)ccc21.COC(=O)CCc1ccc(-c2ccccc2)cc1. The molecule has 1 amide bonds. The Morgan fingerprint density at radius 2 is 1.53 bits per heavy atom. The van der Waals surface area contributed by atoms with Crippen molar-refractivity contribution in [3.63, 3.8) is 0 Å². The van der Waals surface area contributed by atoms with E-state index >= 15 is 0 Å². The highest BCUT2D eigenvalue weighted by atomic mass is 16.6. The van der Waals surface area contributed by atoms with E-state index in [9.17, 15) is 19.5 Å². The lowest BCUT2D eigenvalue weighted by atomic mass is 10.0. The van der Waals surface area contributed by atoms with Crippen molar-refractivity contribution in [2.24, 2.45) is 5.73 Å². The van der Waals surface area contributed by atoms with E-state index in [1.807, 2.05) is 18.2 Å². The first-order valence-electron chi connectivity index (χ1n) is 12.1. The van der Waals surface area contributed by atoms with Crippen LogP contribution in [0.3, 0.4) is 0 Å². The molecule has 0 saturated heterocycles. The Hall–Kier alpha value is -4.59. The first-order valence-corrected chi connectivity index (χ1v) is 12.1. The highest BCUT2D eigenvalue weighted by molar-refractivity contribution is 6.03. The van der Waals surface area contributed by atoms with Crippen LogP contribution < -0.4 is 5.73 Å². The maximum Gasteiger partial charge on any atom is 0.419 e. The number of amides is 1. The van der Waals surface area contributed by atoms with Crippen molar-refractivity contribution < 1.29 is 29.0 Å². The number of aryl methyl sites for hydroxylation is 1. The molecule has 0 aliphatic carbocycles. The van der Waals surface area contributed by atoms with E-state index in [0.29, 0.717) is 17.3 Å². The van der Waals surface area contributed by atoms with E-state index in [0.717, 1.165) is 16.6 Å². The van der Waals surface area contributed by atoms with Gasteiger partial charge in [0.15, 0.2) is 0 Å². The molecule has 0 fully saturated rings. The highest BCUT2D eigenvalue weighted by Gasteiger charge is 2.24. The summed E-state index contributed by atoms with van der Waals surface area (Å²) in [5.74, 6) is -0.872. The molecule has 3 N–H and O–H groups in total. The van der Waals surface area contributed by atoms with E-state index in [-0.39, 0.29) is 17.4 Å². The quantitative estimate of drug-likeness (QED) is 0.329. The summed E-state index contributed by atoms with van der Waals surface area (Å²) in [7, 11) is 1.42. The van der Waals surface area contributed by atoms with Crippen LogP contribution in [0, 0.1) is 0 Å². The first-order chi connectivity index (χ1) is 18.0. The molecule has 8 nitrogen and oxygen atoms in total. The first kappa shape index (κ1) is 28.0. The van der Waals surface area contributed by atoms with Crippen molar-refractivity contribution in [3.8, 4) is 16.9 Å². The fourth-order valence-corrected chi connectivity index (χ4v) is 3.73. The maximum absolute atomic E-state index is 12.2. The van der Waals surface area contributed by atoms with E-state index in [2.05, 4.69) is 41.1 Å². The summed E-state index contributed by atoms with van der Waals surface area (Å²) < 4.78 is 11.0. The summed E-state index contributed by atoms with van der Waals surface area (Å²) in [4.78, 5) is 34.7. The molecule has 0 atom stereocenters. The summed E-state index contributed by atoms with van der Waals surface area (Å²) in [6.07, 6.45) is 0.468. The van der Waals surface area contributed by atoms with Crippen molar-refractivity contribution in [3.05, 3.63) is 90.1 Å². The fraction of sp³-hybridized carbons (Fsp3) is 0.233. The molecule has 38 heavy (non-hydrogen) atoms. The number of primary amides is 1. The number of phenolic OH excluding ortho intramolecular Hbond substituents is 1. The molecule has 0 aliphatic rings. The van der Waals surface area contributed by atoms with E-state index in [1.54, 1.807) is 20.8 Å². The number of rotatable bonds is 5. The van der Waals surface area contributed by atoms with Gasteiger partial charge in [-0.3, -0.25) is 9.59 Å². The molecular formula is C30H32N2O6. The number of hydrogen-bond acceptors (Lipinski definition) is 6. The summed E-state index contributed by atoms with van der Waals surface area (Å²) in [5, 5.41) is 9.98. The number of fused-ring (bicyclic) bond motifs is 1. The smallest absolute Gasteiger partial charge is 0.419 e. The number of carbonyl (C=O) groups is 3. The van der Waals surface area contributed by atoms with Gasteiger partial charge >= 0.3 is 12.1 Å². The Kier molecular flexibility index (Phi) is 8.91. The average Bonchev–Trinajstić information content (AvgIpc) is 3.27. The second-order valence-corrected chi connectivity index (χ2v) is 9.59. The Morgan fingerprint density at radius 1 is 0.895 bits per heavy atom. The minimum Gasteiger partial charge on any atom is -0.508 e. The van der Waals surface area contributed by atoms with Gasteiger partial charge in [0.2, 0.25) is 0 Å². The molecule has 0 unspecified atom stereocenters. The number of benzene rings is 3. The molecule has 3 aromatic carbocycles. The Labute approximate surface area is 221 Å². The van der Waals surface area contributed by atoms with Gasteiger partial charge in [0.1, 0.15) is 17.0 Å². The molecule has 1 aromatic heterocycles. The van der Waals surface area contributed by atoms with Crippen LogP contribution in [0.5, 0.6) is 5.75 Å². The minimum absolute atomic E-state index is 0.0138. The van der Waals surface area contributed by atoms with Gasteiger partial charge in [-0.1, -0.05) is 54.6 Å². The summed E-state index contributed by atoms with van der Waals surface area (Å²) in [6, 6.07) is 24.4. The van der Waals surface area contributed by atoms with Gasteiger partial charge < -0.3 is 20.3 Å². The second kappa shape index (κ2) is 12.1. The zero-order chi connectivity index (χ0) is 27.9. The zero-order valence-electron chi connectivity index (χ0n) is 21.9. The second-order valence-electron chi connectivity index (χ2n) is 9.59. The van der Waals surface area contributed by atoms with Crippen LogP contribution in [0.25, 0.3) is 22.0 Å². The molecule has 0 bridgehead atoms. The van der Waals surface area contributed by atoms with Gasteiger partial charge in [-0.15, -0.1) is 0 Å². The third kappa shape index (κ3) is 7.46. The van der Waals surface area contributed by atoms with Crippen LogP contribution >= 0.6 is 0 Å². The lowest BCUT2D eigenvalue weighted by Gasteiger charge is -2.20. The van der Waals surface area contributed by atoms with Gasteiger partial charge in [0, 0.05) is 11.8 Å². The van der Waals surface area contributed by atoms with Gasteiger partial charge in [0.05, 0.1) is 12.6 Å². The summed E-state index contributed by atoms with van der Waals surface area (Å²) >= 11 is 0. The number of nitrogens with zero attached hydrogens (tertiary/aromatic N) is 1. The lowest BCUT2D eigenvalue weighted by molar-refractivity contribution is -0.140. The fourth-order valence-electron chi connectivity index (χ4n) is 3.73. The molecule has 0 spiro atoms. The molecule has 198 valence electrons. The normalized spacial score (nSPS) is 10.8. The van der Waals surface area contributed by atoms with Crippen LogP contribution in [-0.2, 0) is 20.7 Å². The average molecular weight is 517 g/mol. The van der Waals surface area contributed by atoms with Crippen LogP contribution in [0.4, 0.5) is 4.79 Å². The third-order valence-corrected chi connectivity index (χ3v) is 5.52. The number of ether oxygens (including phenoxy) is 2. The summed E-state index contributed by atoms with van der Waals surface area (Å²) in [6.45, 7) is 5.19. The van der Waals surface area contributed by atoms with Gasteiger partial charge in [0.25, 0.3) is 5.91 Å².